The molecule has 26 heavy (non-hydrogen) atoms. The van der Waals surface area contributed by atoms with Gasteiger partial charge in [0.2, 0.25) is 0 Å². The molecule has 0 aromatic heterocycles. The van der Waals surface area contributed by atoms with E-state index < -0.39 is 23.5 Å². The third-order valence-electron chi connectivity index (χ3n) is 4.31. The number of amides is 1. The highest BCUT2D eigenvalue weighted by Crippen LogP contribution is 2.39. The fourth-order valence-corrected chi connectivity index (χ4v) is 3.23. The predicted octanol–water partition coefficient (Wildman–Crippen LogP) is 4.31. The first-order valence-corrected chi connectivity index (χ1v) is 8.61. The molecular formula is C20H17ClFNO3. The molecule has 0 aliphatic carbocycles. The fourth-order valence-electron chi connectivity index (χ4n) is 3.11. The number of aliphatic hydroxyl groups excluding tert-OH is 1. The van der Waals surface area contributed by atoms with Crippen molar-refractivity contribution in [3.63, 3.8) is 0 Å². The minimum Gasteiger partial charge on any atom is -0.507 e. The monoisotopic (exact) mass is 373 g/mol. The maximum absolute atomic E-state index is 13.2. The van der Waals surface area contributed by atoms with Crippen molar-refractivity contribution in [3.05, 3.63) is 76.1 Å². The molecule has 3 rings (SSSR count). The number of hydrogen-bond acceptors (Lipinski definition) is 3. The SMILES string of the molecule is CCCN1C(=O)C(=O)/C(=C(\O)c2ccc(F)cc2)C1c1ccc(Cl)cc1. The van der Waals surface area contributed by atoms with Gasteiger partial charge in [-0.05, 0) is 48.4 Å². The molecule has 1 N–H and O–H groups in total. The molecule has 0 radical (unpaired) electrons. The summed E-state index contributed by atoms with van der Waals surface area (Å²) in [6.07, 6.45) is 0.660. The van der Waals surface area contributed by atoms with Gasteiger partial charge in [-0.15, -0.1) is 0 Å². The topological polar surface area (TPSA) is 57.6 Å². The molecule has 2 aromatic rings. The Labute approximate surface area is 155 Å². The normalized spacial score (nSPS) is 19.2. The van der Waals surface area contributed by atoms with Crippen LogP contribution in [0.3, 0.4) is 0 Å². The molecule has 0 spiro atoms. The van der Waals surface area contributed by atoms with E-state index in [-0.39, 0.29) is 16.9 Å². The minimum atomic E-state index is -0.750. The molecule has 0 bridgehead atoms. The van der Waals surface area contributed by atoms with Crippen molar-refractivity contribution in [3.8, 4) is 0 Å². The number of nitrogens with zero attached hydrogens (tertiary/aromatic N) is 1. The van der Waals surface area contributed by atoms with Crippen LogP contribution in [0.25, 0.3) is 5.76 Å². The van der Waals surface area contributed by atoms with Crippen LogP contribution < -0.4 is 0 Å². The Morgan fingerprint density at radius 1 is 1.12 bits per heavy atom. The summed E-state index contributed by atoms with van der Waals surface area (Å²) >= 11 is 5.94. The van der Waals surface area contributed by atoms with Gasteiger partial charge in [0, 0.05) is 17.1 Å². The number of likely N-dealkylation sites (tertiary alicyclic amines) is 1. The van der Waals surface area contributed by atoms with Crippen molar-refractivity contribution < 1.29 is 19.1 Å². The number of halogens is 2. The van der Waals surface area contributed by atoms with Crippen LogP contribution in [0.4, 0.5) is 4.39 Å². The fraction of sp³-hybridized carbons (Fsp3) is 0.200. The van der Waals surface area contributed by atoms with Gasteiger partial charge in [0.25, 0.3) is 11.7 Å². The summed E-state index contributed by atoms with van der Waals surface area (Å²) in [5.41, 5.74) is 0.947. The molecule has 1 fully saturated rings. The highest BCUT2D eigenvalue weighted by atomic mass is 35.5. The van der Waals surface area contributed by atoms with E-state index in [0.717, 1.165) is 0 Å². The zero-order valence-electron chi connectivity index (χ0n) is 14.1. The van der Waals surface area contributed by atoms with Crippen LogP contribution in [0.5, 0.6) is 0 Å². The quantitative estimate of drug-likeness (QED) is 0.493. The standard InChI is InChI=1S/C20H17ClFNO3/c1-2-11-23-17(12-3-7-14(21)8-4-12)16(19(25)20(23)26)18(24)13-5-9-15(22)10-6-13/h3-10,17,24H,2,11H2,1H3/b18-16-. The van der Waals surface area contributed by atoms with E-state index in [0.29, 0.717) is 23.6 Å². The molecule has 6 heteroatoms. The number of hydrogen-bond donors (Lipinski definition) is 1. The maximum Gasteiger partial charge on any atom is 0.295 e. The predicted molar refractivity (Wildman–Crippen MR) is 97.2 cm³/mol. The Kier molecular flexibility index (Phi) is 5.09. The summed E-state index contributed by atoms with van der Waals surface area (Å²) < 4.78 is 13.2. The van der Waals surface area contributed by atoms with E-state index >= 15 is 0 Å². The molecule has 4 nitrogen and oxygen atoms in total. The minimum absolute atomic E-state index is 0.00243. The number of rotatable bonds is 4. The summed E-state index contributed by atoms with van der Waals surface area (Å²) in [5, 5.41) is 11.2. The zero-order chi connectivity index (χ0) is 18.8. The number of carbonyl (C=O) groups is 2. The van der Waals surface area contributed by atoms with Gasteiger partial charge in [0.05, 0.1) is 11.6 Å². The molecular weight excluding hydrogens is 357 g/mol. The molecule has 1 amide bonds. The highest BCUT2D eigenvalue weighted by Gasteiger charge is 2.45. The van der Waals surface area contributed by atoms with Crippen molar-refractivity contribution in [1.29, 1.82) is 0 Å². The molecule has 1 heterocycles. The number of benzene rings is 2. The summed E-state index contributed by atoms with van der Waals surface area (Å²) in [5.74, 6) is -2.18. The Bertz CT molecular complexity index is 875. The van der Waals surface area contributed by atoms with Gasteiger partial charge in [-0.2, -0.15) is 0 Å². The molecule has 1 atom stereocenters. The molecule has 1 aliphatic heterocycles. The first-order chi connectivity index (χ1) is 12.4. The Balaban J connectivity index is 2.17. The number of aliphatic hydroxyl groups is 1. The van der Waals surface area contributed by atoms with Gasteiger partial charge < -0.3 is 10.0 Å². The molecule has 1 unspecified atom stereocenters. The second-order valence-corrected chi connectivity index (χ2v) is 6.49. The molecule has 1 saturated heterocycles. The lowest BCUT2D eigenvalue weighted by Crippen LogP contribution is -2.30. The zero-order valence-corrected chi connectivity index (χ0v) is 14.8. The van der Waals surface area contributed by atoms with E-state index in [9.17, 15) is 19.1 Å². The molecule has 2 aromatic carbocycles. The Hall–Kier alpha value is -2.66. The van der Waals surface area contributed by atoms with Crippen molar-refractivity contribution in [2.75, 3.05) is 6.54 Å². The molecule has 1 aliphatic rings. The van der Waals surface area contributed by atoms with Gasteiger partial charge in [-0.25, -0.2) is 4.39 Å². The van der Waals surface area contributed by atoms with Gasteiger partial charge in [-0.3, -0.25) is 9.59 Å². The van der Waals surface area contributed by atoms with Crippen LogP contribution in [0.1, 0.15) is 30.5 Å². The van der Waals surface area contributed by atoms with Gasteiger partial charge >= 0.3 is 0 Å². The van der Waals surface area contributed by atoms with E-state index in [1.54, 1.807) is 24.3 Å². The lowest BCUT2D eigenvalue weighted by molar-refractivity contribution is -0.139. The maximum atomic E-state index is 13.2. The highest BCUT2D eigenvalue weighted by molar-refractivity contribution is 6.46. The molecule has 134 valence electrons. The number of carbonyl (C=O) groups excluding carboxylic acids is 2. The number of ketones is 1. The van der Waals surface area contributed by atoms with Gasteiger partial charge in [-0.1, -0.05) is 30.7 Å². The van der Waals surface area contributed by atoms with E-state index in [4.69, 9.17) is 11.6 Å². The van der Waals surface area contributed by atoms with Crippen LogP contribution in [-0.2, 0) is 9.59 Å². The van der Waals surface area contributed by atoms with Crippen LogP contribution >= 0.6 is 11.6 Å². The smallest absolute Gasteiger partial charge is 0.295 e. The first kappa shape index (κ1) is 18.1. The van der Waals surface area contributed by atoms with E-state index in [1.165, 1.54) is 29.2 Å². The van der Waals surface area contributed by atoms with Crippen molar-refractivity contribution in [2.45, 2.75) is 19.4 Å². The Morgan fingerprint density at radius 2 is 1.73 bits per heavy atom. The first-order valence-electron chi connectivity index (χ1n) is 8.24. The third kappa shape index (κ3) is 3.22. The Morgan fingerprint density at radius 3 is 2.31 bits per heavy atom. The molecule has 0 saturated carbocycles. The second kappa shape index (κ2) is 7.30. The number of Topliss-reactive ketones (excluding diaryl/α,β-unsaturated/α-hetero) is 1. The largest absolute Gasteiger partial charge is 0.507 e. The van der Waals surface area contributed by atoms with Crippen LogP contribution in [0.2, 0.25) is 5.02 Å². The van der Waals surface area contributed by atoms with Crippen molar-refractivity contribution in [1.82, 2.24) is 4.90 Å². The summed E-state index contributed by atoms with van der Waals surface area (Å²) in [6, 6.07) is 11.2. The summed E-state index contributed by atoms with van der Waals surface area (Å²) in [7, 11) is 0. The second-order valence-electron chi connectivity index (χ2n) is 6.05. The lowest BCUT2D eigenvalue weighted by atomic mass is 9.95. The lowest BCUT2D eigenvalue weighted by Gasteiger charge is -2.24. The van der Waals surface area contributed by atoms with Crippen LogP contribution in [0, 0.1) is 5.82 Å². The van der Waals surface area contributed by atoms with Gasteiger partial charge in [0.1, 0.15) is 11.6 Å². The summed E-state index contributed by atoms with van der Waals surface area (Å²) in [4.78, 5) is 26.6. The van der Waals surface area contributed by atoms with Crippen molar-refractivity contribution >= 4 is 29.1 Å². The van der Waals surface area contributed by atoms with E-state index in [2.05, 4.69) is 0 Å². The van der Waals surface area contributed by atoms with Crippen LogP contribution in [0.15, 0.2) is 54.1 Å². The van der Waals surface area contributed by atoms with E-state index in [1.807, 2.05) is 6.92 Å². The van der Waals surface area contributed by atoms with Gasteiger partial charge in [0.15, 0.2) is 0 Å². The van der Waals surface area contributed by atoms with Crippen LogP contribution in [-0.4, -0.2) is 28.2 Å². The van der Waals surface area contributed by atoms with Crippen molar-refractivity contribution in [2.24, 2.45) is 0 Å². The third-order valence-corrected chi connectivity index (χ3v) is 4.56. The average molecular weight is 374 g/mol. The summed E-state index contributed by atoms with van der Waals surface area (Å²) in [6.45, 7) is 2.27. The average Bonchev–Trinajstić information content (AvgIpc) is 2.88.